The number of aromatic nitrogens is 3. The van der Waals surface area contributed by atoms with E-state index in [0.717, 1.165) is 59.4 Å². The Bertz CT molecular complexity index is 1440. The summed E-state index contributed by atoms with van der Waals surface area (Å²) in [6.45, 7) is 3.47. The van der Waals surface area contributed by atoms with Gasteiger partial charge in [0, 0.05) is 24.1 Å². The van der Waals surface area contributed by atoms with Crippen molar-refractivity contribution in [3.8, 4) is 11.8 Å². The Morgan fingerprint density at radius 3 is 2.26 bits per heavy atom. The molecule has 3 aromatic carbocycles. The molecule has 6 nitrogen and oxygen atoms in total. The summed E-state index contributed by atoms with van der Waals surface area (Å²) >= 11 is 1.56. The number of hydrogen-bond acceptors (Lipinski definition) is 6. The average Bonchev–Trinajstić information content (AvgIpc) is 3.53. The highest BCUT2D eigenvalue weighted by atomic mass is 32.2. The minimum atomic E-state index is 0.557. The second-order valence-electron chi connectivity index (χ2n) is 9.10. The van der Waals surface area contributed by atoms with Crippen molar-refractivity contribution in [1.82, 2.24) is 14.8 Å². The molecule has 2 aliphatic heterocycles. The largest absolute Gasteiger partial charge is 0.494 e. The first kappa shape index (κ1) is 26.3. The number of hydrogen-bond donors (Lipinski definition) is 0. The molecule has 0 atom stereocenters. The molecule has 0 N–H and O–H groups in total. The quantitative estimate of drug-likeness (QED) is 0.247. The molecule has 0 radical (unpaired) electrons. The van der Waals surface area contributed by atoms with Crippen molar-refractivity contribution in [2.24, 2.45) is 0 Å². The molecular formula is C32H31N5OS. The normalized spacial score (nSPS) is 15.7. The number of benzene rings is 3. The van der Waals surface area contributed by atoms with E-state index >= 15 is 0 Å². The van der Waals surface area contributed by atoms with Crippen molar-refractivity contribution in [2.75, 3.05) is 11.5 Å². The highest BCUT2D eigenvalue weighted by Crippen LogP contribution is 2.46. The number of nitriles is 1. The first-order valence-corrected chi connectivity index (χ1v) is 14.2. The van der Waals surface area contributed by atoms with Crippen LogP contribution in [-0.2, 0) is 13.0 Å². The zero-order valence-electron chi connectivity index (χ0n) is 22.0. The van der Waals surface area contributed by atoms with E-state index in [4.69, 9.17) is 4.74 Å². The van der Waals surface area contributed by atoms with E-state index < -0.39 is 0 Å². The summed E-state index contributed by atoms with van der Waals surface area (Å²) in [5, 5.41) is 22.1. The minimum absolute atomic E-state index is 0.557. The van der Waals surface area contributed by atoms with Crippen molar-refractivity contribution in [1.29, 1.82) is 5.26 Å². The fraction of sp³-hybridized carbons (Fsp3) is 0.219. The second kappa shape index (κ2) is 13.0. The Balaban J connectivity index is 0.000000455. The number of allylic oxidation sites excluding steroid dienone is 1. The molecule has 4 aromatic rings. The van der Waals surface area contributed by atoms with Gasteiger partial charge >= 0.3 is 0 Å². The first-order chi connectivity index (χ1) is 19.3. The van der Waals surface area contributed by atoms with Crippen LogP contribution in [0.4, 0.5) is 5.69 Å². The van der Waals surface area contributed by atoms with Crippen molar-refractivity contribution in [2.45, 2.75) is 39.2 Å². The number of nitrogens with zero attached hydrogens (tertiary/aromatic N) is 5. The number of rotatable bonds is 5. The standard InChI is InChI=1S/C26H25N5OS.C6H6/c1-2-32-21-14-12-19(13-15-21)23-18-33-26(31(23)20-9-5-3-6-10-20)22(17-27)25-29-28-24-11-7-4-8-16-30(24)25;1-2-4-6-5-3-1/h3,5-6,9-10,12-15,18H,2,4,7-8,11,16H2,1H3;1-6H/b26-22-;. The molecule has 7 heteroatoms. The summed E-state index contributed by atoms with van der Waals surface area (Å²) < 4.78 is 7.75. The molecule has 0 fully saturated rings. The molecule has 1 aromatic heterocycles. The van der Waals surface area contributed by atoms with Crippen LogP contribution < -0.4 is 9.64 Å². The Morgan fingerprint density at radius 1 is 0.897 bits per heavy atom. The third kappa shape index (κ3) is 6.08. The van der Waals surface area contributed by atoms with Crippen molar-refractivity contribution in [3.63, 3.8) is 0 Å². The van der Waals surface area contributed by atoms with Crippen LogP contribution in [0.2, 0.25) is 0 Å². The molecular weight excluding hydrogens is 502 g/mol. The first-order valence-electron chi connectivity index (χ1n) is 13.3. The van der Waals surface area contributed by atoms with Crippen LogP contribution in [0.1, 0.15) is 43.4 Å². The van der Waals surface area contributed by atoms with E-state index in [1.807, 2.05) is 73.7 Å². The van der Waals surface area contributed by atoms with Crippen molar-refractivity contribution < 1.29 is 4.74 Å². The Labute approximate surface area is 234 Å². The van der Waals surface area contributed by atoms with E-state index in [9.17, 15) is 5.26 Å². The summed E-state index contributed by atoms with van der Waals surface area (Å²) in [6, 6.07) is 32.7. The highest BCUT2D eigenvalue weighted by molar-refractivity contribution is 8.06. The highest BCUT2D eigenvalue weighted by Gasteiger charge is 2.30. The van der Waals surface area contributed by atoms with Gasteiger partial charge in [-0.15, -0.1) is 10.2 Å². The molecule has 2 aliphatic rings. The summed E-state index contributed by atoms with van der Waals surface area (Å²) in [5.41, 5.74) is 3.64. The summed E-state index contributed by atoms with van der Waals surface area (Å²) in [5.74, 6) is 2.49. The third-order valence-corrected chi connectivity index (χ3v) is 7.48. The predicted octanol–water partition coefficient (Wildman–Crippen LogP) is 7.53. The summed E-state index contributed by atoms with van der Waals surface area (Å²) in [6.07, 6.45) is 4.28. The van der Waals surface area contributed by atoms with Gasteiger partial charge in [-0.1, -0.05) is 72.8 Å². The number of aryl methyl sites for hydroxylation is 1. The SMILES string of the molecule is CCOc1ccc(C2=CS/C(=C(/C#N)c3nnc4n3CCCCC4)N2c2ccccc2)cc1.c1ccccc1. The molecule has 0 bridgehead atoms. The van der Waals surface area contributed by atoms with Crippen molar-refractivity contribution in [3.05, 3.63) is 119 Å². The molecule has 0 spiro atoms. The maximum Gasteiger partial charge on any atom is 0.177 e. The fourth-order valence-electron chi connectivity index (χ4n) is 4.66. The smallest absolute Gasteiger partial charge is 0.177 e. The monoisotopic (exact) mass is 533 g/mol. The number of para-hydroxylation sites is 1. The van der Waals surface area contributed by atoms with Crippen LogP contribution in [0.5, 0.6) is 5.75 Å². The van der Waals surface area contributed by atoms with Gasteiger partial charge in [-0.3, -0.25) is 0 Å². The number of ether oxygens (including phenoxy) is 1. The Kier molecular flexibility index (Phi) is 8.77. The lowest BCUT2D eigenvalue weighted by molar-refractivity contribution is 0.340. The molecule has 196 valence electrons. The molecule has 0 amide bonds. The lowest BCUT2D eigenvalue weighted by Gasteiger charge is -2.25. The van der Waals surface area contributed by atoms with Gasteiger partial charge in [0.05, 0.1) is 12.3 Å². The van der Waals surface area contributed by atoms with Gasteiger partial charge in [-0.25, -0.2) is 0 Å². The van der Waals surface area contributed by atoms with Crippen LogP contribution in [-0.4, -0.2) is 21.4 Å². The number of anilines is 1. The molecule has 3 heterocycles. The van der Waals surface area contributed by atoms with Gasteiger partial charge < -0.3 is 14.2 Å². The maximum absolute atomic E-state index is 10.3. The van der Waals surface area contributed by atoms with E-state index in [1.165, 1.54) is 6.42 Å². The third-order valence-electron chi connectivity index (χ3n) is 6.53. The van der Waals surface area contributed by atoms with E-state index in [0.29, 0.717) is 18.0 Å². The number of fused-ring (bicyclic) bond motifs is 1. The summed E-state index contributed by atoms with van der Waals surface area (Å²) in [7, 11) is 0. The Morgan fingerprint density at radius 2 is 1.59 bits per heavy atom. The van der Waals surface area contributed by atoms with Gasteiger partial charge in [-0.2, -0.15) is 5.26 Å². The van der Waals surface area contributed by atoms with Crippen LogP contribution in [0.3, 0.4) is 0 Å². The van der Waals surface area contributed by atoms with E-state index in [-0.39, 0.29) is 0 Å². The maximum atomic E-state index is 10.3. The zero-order valence-corrected chi connectivity index (χ0v) is 22.8. The topological polar surface area (TPSA) is 67.0 Å². The minimum Gasteiger partial charge on any atom is -0.494 e. The van der Waals surface area contributed by atoms with Gasteiger partial charge in [0.15, 0.2) is 5.82 Å². The average molecular weight is 534 g/mol. The zero-order chi connectivity index (χ0) is 26.9. The second-order valence-corrected chi connectivity index (χ2v) is 9.96. The molecule has 0 unspecified atom stereocenters. The van der Waals surface area contributed by atoms with Crippen LogP contribution in [0, 0.1) is 11.3 Å². The van der Waals surface area contributed by atoms with Crippen LogP contribution >= 0.6 is 11.8 Å². The molecule has 39 heavy (non-hydrogen) atoms. The Hall–Kier alpha value is -4.28. The predicted molar refractivity (Wildman–Crippen MR) is 159 cm³/mol. The van der Waals surface area contributed by atoms with E-state index in [2.05, 4.69) is 55.4 Å². The molecule has 0 aliphatic carbocycles. The molecule has 0 saturated carbocycles. The van der Waals surface area contributed by atoms with Crippen LogP contribution in [0.15, 0.2) is 101 Å². The van der Waals surface area contributed by atoms with Gasteiger partial charge in [0.1, 0.15) is 28.2 Å². The van der Waals surface area contributed by atoms with E-state index in [1.54, 1.807) is 11.8 Å². The molecule has 6 rings (SSSR count). The van der Waals surface area contributed by atoms with Crippen molar-refractivity contribution >= 4 is 28.7 Å². The van der Waals surface area contributed by atoms with Gasteiger partial charge in [0.25, 0.3) is 0 Å². The van der Waals surface area contributed by atoms with Crippen LogP contribution in [0.25, 0.3) is 11.3 Å². The number of thioether (sulfide) groups is 1. The fourth-order valence-corrected chi connectivity index (χ4v) is 5.69. The lowest BCUT2D eigenvalue weighted by atomic mass is 10.1. The molecule has 0 saturated heterocycles. The van der Waals surface area contributed by atoms with Gasteiger partial charge in [0.2, 0.25) is 0 Å². The summed E-state index contributed by atoms with van der Waals surface area (Å²) in [4.78, 5) is 2.15. The lowest BCUT2D eigenvalue weighted by Crippen LogP contribution is -2.18. The van der Waals surface area contributed by atoms with Gasteiger partial charge in [-0.05, 0) is 61.7 Å².